The van der Waals surface area contributed by atoms with Gasteiger partial charge >= 0.3 is 5.97 Å². The van der Waals surface area contributed by atoms with Crippen molar-refractivity contribution < 1.29 is 19.1 Å². The number of aromatic nitrogens is 1. The molecular formula is C15H18N2O4S. The van der Waals surface area contributed by atoms with Crippen molar-refractivity contribution in [2.45, 2.75) is 38.6 Å². The van der Waals surface area contributed by atoms with Crippen molar-refractivity contribution in [2.75, 3.05) is 0 Å². The van der Waals surface area contributed by atoms with Gasteiger partial charge in [0.25, 0.3) is 0 Å². The van der Waals surface area contributed by atoms with Crippen LogP contribution in [0.3, 0.4) is 0 Å². The molecule has 6 nitrogen and oxygen atoms in total. The van der Waals surface area contributed by atoms with E-state index in [1.54, 1.807) is 0 Å². The smallest absolute Gasteiger partial charge is 0.326 e. The highest BCUT2D eigenvalue weighted by molar-refractivity contribution is 7.13. The molecule has 7 heteroatoms. The highest BCUT2D eigenvalue weighted by Gasteiger charge is 2.20. The number of nitrogens with zero attached hydrogens (tertiary/aromatic N) is 1. The topological polar surface area (TPSA) is 92.4 Å². The van der Waals surface area contributed by atoms with E-state index in [0.717, 1.165) is 17.7 Å². The molecule has 0 aromatic carbocycles. The van der Waals surface area contributed by atoms with Gasteiger partial charge in [0.05, 0.1) is 17.0 Å². The van der Waals surface area contributed by atoms with Crippen molar-refractivity contribution in [1.82, 2.24) is 10.3 Å². The van der Waals surface area contributed by atoms with Crippen molar-refractivity contribution in [3.05, 3.63) is 29.5 Å². The number of amides is 1. The van der Waals surface area contributed by atoms with Crippen LogP contribution in [-0.2, 0) is 16.0 Å². The SMILES string of the molecule is CCCCC(NC(=O)Cc1coc(-c2cccs2)n1)C(=O)O. The Balaban J connectivity index is 1.92. The summed E-state index contributed by atoms with van der Waals surface area (Å²) in [5.41, 5.74) is 0.487. The van der Waals surface area contributed by atoms with Crippen molar-refractivity contribution in [3.8, 4) is 10.8 Å². The monoisotopic (exact) mass is 322 g/mol. The molecule has 118 valence electrons. The molecule has 1 amide bonds. The number of carbonyl (C=O) groups is 2. The van der Waals surface area contributed by atoms with Crippen molar-refractivity contribution in [3.63, 3.8) is 0 Å². The minimum atomic E-state index is -1.01. The molecule has 0 radical (unpaired) electrons. The zero-order valence-corrected chi connectivity index (χ0v) is 13.1. The lowest BCUT2D eigenvalue weighted by atomic mass is 10.1. The number of carboxylic acids is 1. The van der Waals surface area contributed by atoms with Crippen LogP contribution in [0.4, 0.5) is 0 Å². The summed E-state index contributed by atoms with van der Waals surface area (Å²) in [7, 11) is 0. The van der Waals surface area contributed by atoms with Gasteiger partial charge in [-0.3, -0.25) is 4.79 Å². The van der Waals surface area contributed by atoms with Gasteiger partial charge < -0.3 is 14.8 Å². The third-order valence-electron chi connectivity index (χ3n) is 3.11. The number of unbranched alkanes of at least 4 members (excludes halogenated alkanes) is 1. The van der Waals surface area contributed by atoms with Gasteiger partial charge in [0.15, 0.2) is 0 Å². The van der Waals surface area contributed by atoms with E-state index in [2.05, 4.69) is 10.3 Å². The first-order valence-electron chi connectivity index (χ1n) is 7.10. The van der Waals surface area contributed by atoms with Crippen LogP contribution in [0.15, 0.2) is 28.2 Å². The maximum Gasteiger partial charge on any atom is 0.326 e. The quantitative estimate of drug-likeness (QED) is 0.779. The molecule has 2 rings (SSSR count). The fourth-order valence-electron chi connectivity index (χ4n) is 1.98. The van der Waals surface area contributed by atoms with Crippen LogP contribution in [0, 0.1) is 0 Å². The van der Waals surface area contributed by atoms with Crippen LogP contribution in [0.1, 0.15) is 31.9 Å². The second-order valence-electron chi connectivity index (χ2n) is 4.90. The fraction of sp³-hybridized carbons (Fsp3) is 0.400. The van der Waals surface area contributed by atoms with Gasteiger partial charge in [-0.1, -0.05) is 25.8 Å². The fourth-order valence-corrected chi connectivity index (χ4v) is 2.63. The van der Waals surface area contributed by atoms with Gasteiger partial charge in [0, 0.05) is 0 Å². The number of carboxylic acid groups (broad SMARTS) is 1. The molecule has 0 bridgehead atoms. The Hall–Kier alpha value is -2.15. The molecule has 1 unspecified atom stereocenters. The van der Waals surface area contributed by atoms with Crippen LogP contribution < -0.4 is 5.32 Å². The van der Waals surface area contributed by atoms with Crippen LogP contribution >= 0.6 is 11.3 Å². The Bertz CT molecular complexity index is 621. The van der Waals surface area contributed by atoms with E-state index in [9.17, 15) is 9.59 Å². The Morgan fingerprint density at radius 2 is 2.32 bits per heavy atom. The van der Waals surface area contributed by atoms with Crippen LogP contribution in [0.2, 0.25) is 0 Å². The van der Waals surface area contributed by atoms with Crippen LogP contribution in [0.5, 0.6) is 0 Å². The molecular weight excluding hydrogens is 304 g/mol. The van der Waals surface area contributed by atoms with Crippen molar-refractivity contribution in [2.24, 2.45) is 0 Å². The van der Waals surface area contributed by atoms with Gasteiger partial charge in [-0.15, -0.1) is 11.3 Å². The number of nitrogens with one attached hydrogen (secondary N) is 1. The molecule has 0 aliphatic rings. The first kappa shape index (κ1) is 16.2. The Morgan fingerprint density at radius 3 is 2.95 bits per heavy atom. The third kappa shape index (κ3) is 4.42. The molecule has 0 saturated carbocycles. The summed E-state index contributed by atoms with van der Waals surface area (Å²) in [5, 5.41) is 13.5. The molecule has 0 spiro atoms. The van der Waals surface area contributed by atoms with E-state index < -0.39 is 12.0 Å². The second kappa shape index (κ2) is 7.74. The number of hydrogen-bond donors (Lipinski definition) is 2. The summed E-state index contributed by atoms with van der Waals surface area (Å²) in [6.45, 7) is 1.97. The van der Waals surface area contributed by atoms with Crippen molar-refractivity contribution >= 4 is 23.2 Å². The van der Waals surface area contributed by atoms with E-state index in [-0.39, 0.29) is 12.3 Å². The highest BCUT2D eigenvalue weighted by atomic mass is 32.1. The summed E-state index contributed by atoms with van der Waals surface area (Å²) < 4.78 is 5.33. The summed E-state index contributed by atoms with van der Waals surface area (Å²) in [6, 6.07) is 2.92. The molecule has 0 saturated heterocycles. The largest absolute Gasteiger partial charge is 0.480 e. The zero-order chi connectivity index (χ0) is 15.9. The predicted octanol–water partition coefficient (Wildman–Crippen LogP) is 2.71. The summed E-state index contributed by atoms with van der Waals surface area (Å²) in [4.78, 5) is 28.2. The molecule has 0 fully saturated rings. The predicted molar refractivity (Wildman–Crippen MR) is 82.6 cm³/mol. The van der Waals surface area contributed by atoms with Crippen LogP contribution in [0.25, 0.3) is 10.8 Å². The number of rotatable bonds is 8. The van der Waals surface area contributed by atoms with Crippen LogP contribution in [-0.4, -0.2) is 28.0 Å². The second-order valence-corrected chi connectivity index (χ2v) is 5.85. The number of oxazole rings is 1. The maximum atomic E-state index is 11.9. The summed E-state index contributed by atoms with van der Waals surface area (Å²) in [5.74, 6) is -0.908. The lowest BCUT2D eigenvalue weighted by Crippen LogP contribution is -2.41. The minimum Gasteiger partial charge on any atom is -0.480 e. The van der Waals surface area contributed by atoms with E-state index >= 15 is 0 Å². The molecule has 2 aromatic heterocycles. The van der Waals surface area contributed by atoms with E-state index in [4.69, 9.17) is 9.52 Å². The van der Waals surface area contributed by atoms with Gasteiger partial charge in [-0.05, 0) is 17.9 Å². The lowest BCUT2D eigenvalue weighted by molar-refractivity contribution is -0.142. The van der Waals surface area contributed by atoms with Crippen molar-refractivity contribution in [1.29, 1.82) is 0 Å². The normalized spacial score (nSPS) is 12.0. The lowest BCUT2D eigenvalue weighted by Gasteiger charge is -2.13. The molecule has 2 heterocycles. The number of aliphatic carboxylic acids is 1. The molecule has 0 aliphatic heterocycles. The maximum absolute atomic E-state index is 11.9. The summed E-state index contributed by atoms with van der Waals surface area (Å²) >= 11 is 1.50. The average molecular weight is 322 g/mol. The van der Waals surface area contributed by atoms with Gasteiger partial charge in [-0.25, -0.2) is 9.78 Å². The summed E-state index contributed by atoms with van der Waals surface area (Å²) in [6.07, 6.45) is 3.49. The minimum absolute atomic E-state index is 0.00474. The number of hydrogen-bond acceptors (Lipinski definition) is 5. The Morgan fingerprint density at radius 1 is 1.50 bits per heavy atom. The molecule has 2 N–H and O–H groups in total. The molecule has 0 aliphatic carbocycles. The van der Waals surface area contributed by atoms with E-state index in [1.807, 2.05) is 24.4 Å². The average Bonchev–Trinajstić information content (AvgIpc) is 3.13. The Kier molecular flexibility index (Phi) is 5.71. The molecule has 2 aromatic rings. The number of carbonyl (C=O) groups excluding carboxylic acids is 1. The Labute approximate surface area is 132 Å². The first-order valence-corrected chi connectivity index (χ1v) is 7.98. The zero-order valence-electron chi connectivity index (χ0n) is 12.2. The molecule has 22 heavy (non-hydrogen) atoms. The van der Waals surface area contributed by atoms with Gasteiger partial charge in [-0.2, -0.15) is 0 Å². The van der Waals surface area contributed by atoms with Gasteiger partial charge in [0.1, 0.15) is 12.3 Å². The molecule has 1 atom stereocenters. The standard InChI is InChI=1S/C15H18N2O4S/c1-2-3-5-11(15(19)20)17-13(18)8-10-9-21-14(16-10)12-6-4-7-22-12/h4,6-7,9,11H,2-3,5,8H2,1H3,(H,17,18)(H,19,20). The van der Waals surface area contributed by atoms with Gasteiger partial charge in [0.2, 0.25) is 11.8 Å². The third-order valence-corrected chi connectivity index (χ3v) is 3.96. The first-order chi connectivity index (χ1) is 10.6. The number of thiophene rings is 1. The van der Waals surface area contributed by atoms with E-state index in [1.165, 1.54) is 17.6 Å². The highest BCUT2D eigenvalue weighted by Crippen LogP contribution is 2.23. The van der Waals surface area contributed by atoms with E-state index in [0.29, 0.717) is 18.0 Å².